The first-order valence-corrected chi connectivity index (χ1v) is 8.43. The fraction of sp³-hybridized carbons (Fsp3) is 0.267. The van der Waals surface area contributed by atoms with E-state index in [1.807, 2.05) is 0 Å². The normalized spacial score (nSPS) is 12.2. The molecular formula is C15H11F3N6O2S. The molecule has 0 saturated carbocycles. The zero-order chi connectivity index (χ0) is 19.3. The number of nitrogens with zero attached hydrogens (tertiary/aromatic N) is 6. The smallest absolute Gasteiger partial charge is 0.453 e. The SMILES string of the molecule is Cc1occc1-c1nnc(Sc2nn3c(C(F)(F)F)nnc3c(C)c2C)o1. The predicted octanol–water partition coefficient (Wildman–Crippen LogP) is 3.86. The van der Waals surface area contributed by atoms with Gasteiger partial charge in [0.05, 0.1) is 11.8 Å². The first kappa shape index (κ1) is 17.5. The summed E-state index contributed by atoms with van der Waals surface area (Å²) in [5, 5.41) is 19.1. The van der Waals surface area contributed by atoms with E-state index in [1.165, 1.54) is 6.26 Å². The van der Waals surface area contributed by atoms with E-state index in [0.717, 1.165) is 11.8 Å². The van der Waals surface area contributed by atoms with Gasteiger partial charge in [-0.05, 0) is 44.2 Å². The van der Waals surface area contributed by atoms with Gasteiger partial charge in [0.15, 0.2) is 5.65 Å². The minimum atomic E-state index is -4.67. The van der Waals surface area contributed by atoms with Crippen molar-refractivity contribution in [3.05, 3.63) is 35.0 Å². The van der Waals surface area contributed by atoms with Crippen LogP contribution in [0.1, 0.15) is 22.7 Å². The van der Waals surface area contributed by atoms with Crippen LogP contribution in [0.15, 0.2) is 31.4 Å². The topological polar surface area (TPSA) is 95.1 Å². The number of halogens is 3. The first-order chi connectivity index (χ1) is 12.8. The average Bonchev–Trinajstić information content (AvgIpc) is 3.30. The first-order valence-electron chi connectivity index (χ1n) is 7.61. The average molecular weight is 396 g/mol. The van der Waals surface area contributed by atoms with Gasteiger partial charge in [-0.25, -0.2) is 0 Å². The van der Waals surface area contributed by atoms with E-state index >= 15 is 0 Å². The van der Waals surface area contributed by atoms with Crippen LogP contribution in [0.4, 0.5) is 13.2 Å². The predicted molar refractivity (Wildman–Crippen MR) is 86.1 cm³/mol. The summed E-state index contributed by atoms with van der Waals surface area (Å²) in [5.74, 6) is -0.330. The second-order valence-electron chi connectivity index (χ2n) is 5.68. The van der Waals surface area contributed by atoms with E-state index < -0.39 is 12.0 Å². The molecule has 4 aromatic heterocycles. The second-order valence-corrected chi connectivity index (χ2v) is 6.62. The van der Waals surface area contributed by atoms with Crippen LogP contribution in [0.2, 0.25) is 0 Å². The minimum absolute atomic E-state index is 0.0458. The number of aryl methyl sites for hydroxylation is 2. The van der Waals surface area contributed by atoms with Crippen molar-refractivity contribution < 1.29 is 22.0 Å². The fourth-order valence-electron chi connectivity index (χ4n) is 2.43. The van der Waals surface area contributed by atoms with Gasteiger partial charge in [-0.3, -0.25) is 0 Å². The number of aromatic nitrogens is 6. The molecule has 0 bridgehead atoms. The number of fused-ring (bicyclic) bond motifs is 1. The van der Waals surface area contributed by atoms with Crippen LogP contribution in [0.25, 0.3) is 17.1 Å². The summed E-state index contributed by atoms with van der Waals surface area (Å²) in [7, 11) is 0. The van der Waals surface area contributed by atoms with Gasteiger partial charge in [0.1, 0.15) is 10.8 Å². The maximum absolute atomic E-state index is 13.1. The Morgan fingerprint density at radius 2 is 1.81 bits per heavy atom. The molecule has 140 valence electrons. The van der Waals surface area contributed by atoms with Crippen molar-refractivity contribution in [3.8, 4) is 11.5 Å². The van der Waals surface area contributed by atoms with Crippen LogP contribution in [0.5, 0.6) is 0 Å². The molecule has 0 aromatic carbocycles. The second kappa shape index (κ2) is 6.08. The van der Waals surface area contributed by atoms with Gasteiger partial charge < -0.3 is 8.83 Å². The molecule has 27 heavy (non-hydrogen) atoms. The van der Waals surface area contributed by atoms with Crippen molar-refractivity contribution in [3.63, 3.8) is 0 Å². The van der Waals surface area contributed by atoms with Gasteiger partial charge in [-0.15, -0.1) is 20.4 Å². The van der Waals surface area contributed by atoms with Crippen LogP contribution in [0, 0.1) is 20.8 Å². The largest absolute Gasteiger partial charge is 0.469 e. The lowest BCUT2D eigenvalue weighted by molar-refractivity contribution is -0.146. The fourth-order valence-corrected chi connectivity index (χ4v) is 3.22. The highest BCUT2D eigenvalue weighted by Gasteiger charge is 2.38. The lowest BCUT2D eigenvalue weighted by Crippen LogP contribution is -2.13. The Balaban J connectivity index is 1.75. The van der Waals surface area contributed by atoms with Crippen molar-refractivity contribution in [1.29, 1.82) is 0 Å². The van der Waals surface area contributed by atoms with Gasteiger partial charge >= 0.3 is 6.18 Å². The highest BCUT2D eigenvalue weighted by molar-refractivity contribution is 7.99. The number of hydrogen-bond acceptors (Lipinski definition) is 8. The Bertz CT molecular complexity index is 1150. The number of furan rings is 1. The zero-order valence-corrected chi connectivity index (χ0v) is 15.0. The Hall–Kier alpha value is -2.89. The van der Waals surface area contributed by atoms with Crippen LogP contribution in [-0.4, -0.2) is 30.0 Å². The number of alkyl halides is 3. The quantitative estimate of drug-likeness (QED) is 0.515. The summed E-state index contributed by atoms with van der Waals surface area (Å²) in [6.45, 7) is 5.13. The summed E-state index contributed by atoms with van der Waals surface area (Å²) in [4.78, 5) is 0. The molecule has 0 aliphatic heterocycles. The molecule has 0 aliphatic rings. The van der Waals surface area contributed by atoms with E-state index in [1.54, 1.807) is 26.8 Å². The number of hydrogen-bond donors (Lipinski definition) is 0. The summed E-state index contributed by atoms with van der Waals surface area (Å²) >= 11 is 0.964. The molecular weight excluding hydrogens is 385 g/mol. The molecule has 0 aliphatic carbocycles. The summed E-state index contributed by atoms with van der Waals surface area (Å²) in [6.07, 6.45) is -3.18. The van der Waals surface area contributed by atoms with Crippen LogP contribution in [-0.2, 0) is 6.18 Å². The maximum Gasteiger partial charge on any atom is 0.453 e. The van der Waals surface area contributed by atoms with E-state index in [4.69, 9.17) is 8.83 Å². The zero-order valence-electron chi connectivity index (χ0n) is 14.2. The Kier molecular flexibility index (Phi) is 3.94. The molecule has 8 nitrogen and oxygen atoms in total. The van der Waals surface area contributed by atoms with Crippen molar-refractivity contribution >= 4 is 17.4 Å². The van der Waals surface area contributed by atoms with Gasteiger partial charge in [0.25, 0.3) is 16.9 Å². The molecule has 0 N–H and O–H groups in total. The highest BCUT2D eigenvalue weighted by atomic mass is 32.2. The summed E-state index contributed by atoms with van der Waals surface area (Å²) < 4.78 is 50.8. The van der Waals surface area contributed by atoms with Gasteiger partial charge in [-0.2, -0.15) is 22.8 Å². The van der Waals surface area contributed by atoms with E-state index in [2.05, 4.69) is 25.5 Å². The lowest BCUT2D eigenvalue weighted by atomic mass is 10.2. The third-order valence-electron chi connectivity index (χ3n) is 3.98. The minimum Gasteiger partial charge on any atom is -0.469 e. The van der Waals surface area contributed by atoms with E-state index in [-0.39, 0.29) is 21.8 Å². The van der Waals surface area contributed by atoms with Crippen molar-refractivity contribution in [2.75, 3.05) is 0 Å². The molecule has 0 spiro atoms. The van der Waals surface area contributed by atoms with Crippen LogP contribution in [0.3, 0.4) is 0 Å². The molecule has 4 aromatic rings. The van der Waals surface area contributed by atoms with E-state index in [9.17, 15) is 13.2 Å². The van der Waals surface area contributed by atoms with Crippen LogP contribution < -0.4 is 0 Å². The molecule has 4 heterocycles. The molecule has 0 fully saturated rings. The molecule has 0 radical (unpaired) electrons. The van der Waals surface area contributed by atoms with Gasteiger partial charge in [-0.1, -0.05) is 0 Å². The van der Waals surface area contributed by atoms with E-state index in [0.29, 0.717) is 27.0 Å². The maximum atomic E-state index is 13.1. The monoisotopic (exact) mass is 396 g/mol. The summed E-state index contributed by atoms with van der Waals surface area (Å²) in [6, 6.07) is 1.68. The molecule has 12 heteroatoms. The Morgan fingerprint density at radius 1 is 1.04 bits per heavy atom. The van der Waals surface area contributed by atoms with Crippen molar-refractivity contribution in [2.24, 2.45) is 0 Å². The molecule has 0 saturated heterocycles. The molecule has 0 amide bonds. The van der Waals surface area contributed by atoms with Crippen molar-refractivity contribution in [2.45, 2.75) is 37.2 Å². The Morgan fingerprint density at radius 3 is 2.48 bits per heavy atom. The summed E-state index contributed by atoms with van der Waals surface area (Å²) in [5.41, 5.74) is 1.86. The highest BCUT2D eigenvalue weighted by Crippen LogP contribution is 2.34. The Labute approximate surface area is 153 Å². The standard InChI is InChI=1S/C15H11F3N6O2S/c1-6-7(2)12(23-24-10(6)19-21-13(24)15(16,17)18)27-14-22-20-11(26-14)9-4-5-25-8(9)3/h4-5H,1-3H3. The molecule has 0 unspecified atom stereocenters. The van der Waals surface area contributed by atoms with Crippen molar-refractivity contribution in [1.82, 2.24) is 30.0 Å². The third kappa shape index (κ3) is 2.95. The number of rotatable bonds is 3. The van der Waals surface area contributed by atoms with Crippen LogP contribution >= 0.6 is 11.8 Å². The molecule has 4 rings (SSSR count). The lowest BCUT2D eigenvalue weighted by Gasteiger charge is -2.08. The molecule has 0 atom stereocenters. The van der Waals surface area contributed by atoms with Gasteiger partial charge in [0.2, 0.25) is 0 Å². The van der Waals surface area contributed by atoms with Gasteiger partial charge in [0, 0.05) is 5.56 Å². The third-order valence-corrected chi connectivity index (χ3v) is 4.90.